The zero-order chi connectivity index (χ0) is 12.3. The lowest BCUT2D eigenvalue weighted by atomic mass is 9.50. The average Bonchev–Trinajstić information content (AvgIpc) is 2.32. The summed E-state index contributed by atoms with van der Waals surface area (Å²) in [5, 5.41) is 0. The highest BCUT2D eigenvalue weighted by molar-refractivity contribution is 6.52. The molecule has 2 fully saturated rings. The molecule has 2 saturated carbocycles. The first kappa shape index (κ1) is 13.5. The Morgan fingerprint density at radius 1 is 0.824 bits per heavy atom. The first-order valence-electron chi connectivity index (χ1n) is 7.84. The zero-order valence-corrected chi connectivity index (χ0v) is 12.0. The SMILES string of the molecule is CB(OC1CCCCC1C)C1CCCCC1C. The Balaban J connectivity index is 1.84. The topological polar surface area (TPSA) is 9.23 Å². The highest BCUT2D eigenvalue weighted by atomic mass is 16.4. The third kappa shape index (κ3) is 3.50. The van der Waals surface area contributed by atoms with Crippen molar-refractivity contribution in [3.05, 3.63) is 0 Å². The van der Waals surface area contributed by atoms with Crippen molar-refractivity contribution < 1.29 is 4.65 Å². The van der Waals surface area contributed by atoms with Crippen molar-refractivity contribution in [3.63, 3.8) is 0 Å². The second-order valence-electron chi connectivity index (χ2n) is 6.57. The second kappa shape index (κ2) is 6.27. The van der Waals surface area contributed by atoms with Gasteiger partial charge in [0.05, 0.1) is 0 Å². The van der Waals surface area contributed by atoms with E-state index >= 15 is 0 Å². The molecule has 0 radical (unpaired) electrons. The summed E-state index contributed by atoms with van der Waals surface area (Å²) in [4.78, 5) is 0. The van der Waals surface area contributed by atoms with Gasteiger partial charge in [0.1, 0.15) is 0 Å². The van der Waals surface area contributed by atoms with Crippen LogP contribution in [0.3, 0.4) is 0 Å². The maximum Gasteiger partial charge on any atom is 0.293 e. The molecular weight excluding hydrogens is 207 g/mol. The van der Waals surface area contributed by atoms with E-state index in [1.165, 1.54) is 51.4 Å². The summed E-state index contributed by atoms with van der Waals surface area (Å²) in [6, 6.07) is 0. The van der Waals surface area contributed by atoms with Gasteiger partial charge in [-0.1, -0.05) is 59.2 Å². The molecule has 0 amide bonds. The van der Waals surface area contributed by atoms with Gasteiger partial charge in [-0.25, -0.2) is 0 Å². The van der Waals surface area contributed by atoms with Crippen molar-refractivity contribution in [1.29, 1.82) is 0 Å². The second-order valence-corrected chi connectivity index (χ2v) is 6.57. The van der Waals surface area contributed by atoms with Crippen LogP contribution in [0.15, 0.2) is 0 Å². The lowest BCUT2D eigenvalue weighted by Crippen LogP contribution is -2.36. The summed E-state index contributed by atoms with van der Waals surface area (Å²) in [6.07, 6.45) is 11.7. The molecule has 4 unspecified atom stereocenters. The fourth-order valence-electron chi connectivity index (χ4n) is 3.90. The molecule has 0 N–H and O–H groups in total. The molecule has 0 saturated heterocycles. The van der Waals surface area contributed by atoms with E-state index in [2.05, 4.69) is 20.7 Å². The van der Waals surface area contributed by atoms with Crippen LogP contribution in [0.2, 0.25) is 12.6 Å². The van der Waals surface area contributed by atoms with Crippen LogP contribution in [-0.4, -0.2) is 13.0 Å². The van der Waals surface area contributed by atoms with E-state index in [4.69, 9.17) is 4.65 Å². The summed E-state index contributed by atoms with van der Waals surface area (Å²) in [5.74, 6) is 2.47. The molecule has 1 nitrogen and oxygen atoms in total. The molecule has 0 aromatic carbocycles. The van der Waals surface area contributed by atoms with E-state index in [1.54, 1.807) is 0 Å². The Hall–Kier alpha value is 0.0249. The third-order valence-electron chi connectivity index (χ3n) is 5.20. The van der Waals surface area contributed by atoms with Crippen LogP contribution in [0.4, 0.5) is 0 Å². The van der Waals surface area contributed by atoms with Gasteiger partial charge in [0.2, 0.25) is 0 Å². The van der Waals surface area contributed by atoms with Gasteiger partial charge < -0.3 is 4.65 Å². The van der Waals surface area contributed by atoms with Gasteiger partial charge in [-0.15, -0.1) is 0 Å². The summed E-state index contributed by atoms with van der Waals surface area (Å²) < 4.78 is 6.41. The van der Waals surface area contributed by atoms with E-state index in [-0.39, 0.29) is 0 Å². The molecule has 0 aromatic rings. The first-order valence-corrected chi connectivity index (χ1v) is 7.84. The van der Waals surface area contributed by atoms with Crippen molar-refractivity contribution in [3.8, 4) is 0 Å². The van der Waals surface area contributed by atoms with Crippen LogP contribution < -0.4 is 0 Å². The molecule has 4 atom stereocenters. The maximum atomic E-state index is 6.41. The standard InChI is InChI=1S/C15H29BO/c1-12-8-4-6-10-14(12)16(3)17-15-11-7-5-9-13(15)2/h12-15H,4-11H2,1-3H3. The Kier molecular flexibility index (Phi) is 4.96. The lowest BCUT2D eigenvalue weighted by Gasteiger charge is -2.36. The van der Waals surface area contributed by atoms with E-state index in [0.717, 1.165) is 17.7 Å². The minimum atomic E-state index is 0.482. The van der Waals surface area contributed by atoms with Gasteiger partial charge in [-0.3, -0.25) is 0 Å². The fraction of sp³-hybridized carbons (Fsp3) is 1.00. The molecule has 0 bridgehead atoms. The van der Waals surface area contributed by atoms with Crippen molar-refractivity contribution in [2.24, 2.45) is 11.8 Å². The Labute approximate surface area is 108 Å². The average molecular weight is 236 g/mol. The summed E-state index contributed by atoms with van der Waals surface area (Å²) in [7, 11) is 0. The van der Waals surface area contributed by atoms with Gasteiger partial charge in [-0.2, -0.15) is 0 Å². The highest BCUT2D eigenvalue weighted by Gasteiger charge is 2.33. The van der Waals surface area contributed by atoms with Crippen LogP contribution >= 0.6 is 0 Å². The summed E-state index contributed by atoms with van der Waals surface area (Å²) in [5.41, 5.74) is 0. The fourth-order valence-corrected chi connectivity index (χ4v) is 3.90. The van der Waals surface area contributed by atoms with Crippen LogP contribution in [0, 0.1) is 11.8 Å². The van der Waals surface area contributed by atoms with Gasteiger partial charge >= 0.3 is 0 Å². The zero-order valence-electron chi connectivity index (χ0n) is 12.0. The Bertz CT molecular complexity index is 231. The predicted octanol–water partition coefficient (Wildman–Crippen LogP) is 4.78. The summed E-state index contributed by atoms with van der Waals surface area (Å²) in [6.45, 7) is 7.61. The molecule has 2 rings (SSSR count). The van der Waals surface area contributed by atoms with E-state index < -0.39 is 0 Å². The first-order chi connectivity index (χ1) is 8.18. The summed E-state index contributed by atoms with van der Waals surface area (Å²) >= 11 is 0. The third-order valence-corrected chi connectivity index (χ3v) is 5.20. The van der Waals surface area contributed by atoms with Crippen LogP contribution in [0.25, 0.3) is 0 Å². The van der Waals surface area contributed by atoms with Crippen LogP contribution in [0.1, 0.15) is 65.2 Å². The van der Waals surface area contributed by atoms with Gasteiger partial charge in [0.15, 0.2) is 0 Å². The van der Waals surface area contributed by atoms with Crippen molar-refractivity contribution >= 4 is 6.92 Å². The van der Waals surface area contributed by atoms with Crippen LogP contribution in [0.5, 0.6) is 0 Å². The normalized spacial score (nSPS) is 39.0. The molecule has 2 aliphatic carbocycles. The molecule has 0 aromatic heterocycles. The number of hydrogen-bond acceptors (Lipinski definition) is 1. The Morgan fingerprint density at radius 3 is 2.06 bits per heavy atom. The predicted molar refractivity (Wildman–Crippen MR) is 75.5 cm³/mol. The van der Waals surface area contributed by atoms with Gasteiger partial charge in [0.25, 0.3) is 6.92 Å². The number of rotatable bonds is 3. The van der Waals surface area contributed by atoms with Crippen LogP contribution in [-0.2, 0) is 4.65 Å². The minimum absolute atomic E-state index is 0.482. The van der Waals surface area contributed by atoms with Gasteiger partial charge in [-0.05, 0) is 30.5 Å². The molecule has 98 valence electrons. The van der Waals surface area contributed by atoms with E-state index in [9.17, 15) is 0 Å². The Morgan fingerprint density at radius 2 is 1.41 bits per heavy atom. The van der Waals surface area contributed by atoms with E-state index in [0.29, 0.717) is 13.0 Å². The lowest BCUT2D eigenvalue weighted by molar-refractivity contribution is 0.0954. The molecule has 0 heterocycles. The van der Waals surface area contributed by atoms with Crippen molar-refractivity contribution in [2.45, 2.75) is 84.0 Å². The molecular formula is C15H29BO. The molecule has 2 heteroatoms. The molecule has 17 heavy (non-hydrogen) atoms. The van der Waals surface area contributed by atoms with E-state index in [1.807, 2.05) is 0 Å². The highest BCUT2D eigenvalue weighted by Crippen LogP contribution is 2.38. The maximum absolute atomic E-state index is 6.41. The van der Waals surface area contributed by atoms with Crippen molar-refractivity contribution in [1.82, 2.24) is 0 Å². The quantitative estimate of drug-likeness (QED) is 0.640. The molecule has 0 spiro atoms. The van der Waals surface area contributed by atoms with Crippen molar-refractivity contribution in [2.75, 3.05) is 0 Å². The largest absolute Gasteiger partial charge is 0.433 e. The monoisotopic (exact) mass is 236 g/mol. The van der Waals surface area contributed by atoms with Gasteiger partial charge in [0, 0.05) is 6.10 Å². The minimum Gasteiger partial charge on any atom is -0.433 e. The smallest absolute Gasteiger partial charge is 0.293 e. The molecule has 0 aliphatic heterocycles. The number of hydrogen-bond donors (Lipinski definition) is 0. The molecule has 2 aliphatic rings.